The minimum atomic E-state index is -0.0374. The summed E-state index contributed by atoms with van der Waals surface area (Å²) < 4.78 is 0. The van der Waals surface area contributed by atoms with Crippen LogP contribution in [0.5, 0.6) is 0 Å². The van der Waals surface area contributed by atoms with E-state index >= 15 is 0 Å². The van der Waals surface area contributed by atoms with Gasteiger partial charge in [-0.2, -0.15) is 0 Å². The molecule has 0 unspecified atom stereocenters. The highest BCUT2D eigenvalue weighted by molar-refractivity contribution is 7.09. The number of hydrogen-bond donors (Lipinski definition) is 1. The Labute approximate surface area is 137 Å². The lowest BCUT2D eigenvalue weighted by Crippen LogP contribution is -2.45. The van der Waals surface area contributed by atoms with Crippen LogP contribution in [0.2, 0.25) is 0 Å². The molecule has 0 radical (unpaired) electrons. The molecular formula is C16H28N4OS. The Bertz CT molecular complexity index is 466. The number of aromatic nitrogens is 1. The summed E-state index contributed by atoms with van der Waals surface area (Å²) in [5.74, 6) is 0.537. The quantitative estimate of drug-likeness (QED) is 0.776. The topological polar surface area (TPSA) is 48.5 Å². The lowest BCUT2D eigenvalue weighted by molar-refractivity contribution is 0.0945. The molecule has 5 nitrogen and oxygen atoms in total. The van der Waals surface area contributed by atoms with E-state index in [0.29, 0.717) is 11.6 Å². The summed E-state index contributed by atoms with van der Waals surface area (Å²) in [5.41, 5.74) is 0.570. The third-order valence-electron chi connectivity index (χ3n) is 3.90. The first-order valence-corrected chi connectivity index (χ1v) is 9.06. The number of likely N-dealkylation sites (N-methyl/N-ethyl adjacent to an activating group) is 1. The number of piperazine rings is 1. The highest BCUT2D eigenvalue weighted by atomic mass is 32.1. The summed E-state index contributed by atoms with van der Waals surface area (Å²) in [6, 6.07) is 0. The van der Waals surface area contributed by atoms with Gasteiger partial charge in [-0.05, 0) is 25.9 Å². The number of rotatable bonds is 7. The van der Waals surface area contributed by atoms with Crippen molar-refractivity contribution in [2.24, 2.45) is 5.92 Å². The van der Waals surface area contributed by atoms with Crippen molar-refractivity contribution >= 4 is 17.2 Å². The SMILES string of the molecule is CC(C)Cc1nc(C(=O)NCCCN2CCN(C)CC2)cs1. The van der Waals surface area contributed by atoms with E-state index in [9.17, 15) is 4.79 Å². The molecule has 1 N–H and O–H groups in total. The Morgan fingerprint density at radius 3 is 2.77 bits per heavy atom. The molecular weight excluding hydrogens is 296 g/mol. The van der Waals surface area contributed by atoms with Gasteiger partial charge in [-0.1, -0.05) is 13.8 Å². The molecule has 0 bridgehead atoms. The lowest BCUT2D eigenvalue weighted by Gasteiger charge is -2.32. The van der Waals surface area contributed by atoms with Crippen molar-refractivity contribution < 1.29 is 4.79 Å². The van der Waals surface area contributed by atoms with Crippen LogP contribution in [0.25, 0.3) is 0 Å². The van der Waals surface area contributed by atoms with Crippen LogP contribution >= 0.6 is 11.3 Å². The Kier molecular flexibility index (Phi) is 6.79. The molecule has 1 aromatic rings. The van der Waals surface area contributed by atoms with Crippen molar-refractivity contribution in [3.05, 3.63) is 16.1 Å². The van der Waals surface area contributed by atoms with E-state index in [1.807, 2.05) is 5.38 Å². The molecule has 1 fully saturated rings. The highest BCUT2D eigenvalue weighted by Gasteiger charge is 2.14. The van der Waals surface area contributed by atoms with Gasteiger partial charge in [-0.3, -0.25) is 4.79 Å². The van der Waals surface area contributed by atoms with Gasteiger partial charge in [-0.15, -0.1) is 11.3 Å². The average Bonchev–Trinajstić information content (AvgIpc) is 2.93. The molecule has 6 heteroatoms. The molecule has 0 atom stereocenters. The second kappa shape index (κ2) is 8.60. The number of amides is 1. The molecule has 1 aliphatic rings. The molecule has 0 saturated carbocycles. The molecule has 0 spiro atoms. The smallest absolute Gasteiger partial charge is 0.270 e. The van der Waals surface area contributed by atoms with Crippen molar-refractivity contribution in [3.8, 4) is 0 Å². The van der Waals surface area contributed by atoms with Crippen molar-refractivity contribution in [2.75, 3.05) is 46.3 Å². The van der Waals surface area contributed by atoms with E-state index in [4.69, 9.17) is 0 Å². The van der Waals surface area contributed by atoms with Gasteiger partial charge in [0, 0.05) is 44.5 Å². The summed E-state index contributed by atoms with van der Waals surface area (Å²) in [7, 11) is 2.17. The van der Waals surface area contributed by atoms with Gasteiger partial charge in [0.2, 0.25) is 0 Å². The predicted molar refractivity (Wildman–Crippen MR) is 91.5 cm³/mol. The molecule has 124 valence electrons. The molecule has 0 aromatic carbocycles. The Morgan fingerprint density at radius 1 is 1.36 bits per heavy atom. The zero-order valence-corrected chi connectivity index (χ0v) is 14.8. The third-order valence-corrected chi connectivity index (χ3v) is 4.77. The average molecular weight is 324 g/mol. The summed E-state index contributed by atoms with van der Waals surface area (Å²) in [6.45, 7) is 10.7. The van der Waals surface area contributed by atoms with Crippen LogP contribution in [0, 0.1) is 5.92 Å². The molecule has 1 amide bonds. The highest BCUT2D eigenvalue weighted by Crippen LogP contribution is 2.14. The van der Waals surface area contributed by atoms with Gasteiger partial charge in [0.15, 0.2) is 0 Å². The van der Waals surface area contributed by atoms with Crippen LogP contribution in [0.15, 0.2) is 5.38 Å². The van der Waals surface area contributed by atoms with Crippen LogP contribution in [0.1, 0.15) is 35.8 Å². The monoisotopic (exact) mass is 324 g/mol. The number of nitrogens with zero attached hydrogens (tertiary/aromatic N) is 3. The van der Waals surface area contributed by atoms with Gasteiger partial charge in [-0.25, -0.2) is 4.98 Å². The Hall–Kier alpha value is -0.980. The fourth-order valence-corrected chi connectivity index (χ4v) is 3.51. The summed E-state index contributed by atoms with van der Waals surface area (Å²) in [5, 5.41) is 5.90. The van der Waals surface area contributed by atoms with Gasteiger partial charge in [0.1, 0.15) is 5.69 Å². The molecule has 0 aliphatic carbocycles. The first-order chi connectivity index (χ1) is 10.5. The fourth-order valence-electron chi connectivity index (χ4n) is 2.52. The molecule has 1 saturated heterocycles. The van der Waals surface area contributed by atoms with Gasteiger partial charge >= 0.3 is 0 Å². The molecule has 2 heterocycles. The van der Waals surface area contributed by atoms with E-state index in [0.717, 1.165) is 57.1 Å². The minimum Gasteiger partial charge on any atom is -0.351 e. The van der Waals surface area contributed by atoms with Crippen LogP contribution in [0.4, 0.5) is 0 Å². The number of carbonyl (C=O) groups is 1. The van der Waals surface area contributed by atoms with Gasteiger partial charge in [0.05, 0.1) is 5.01 Å². The maximum atomic E-state index is 12.1. The maximum absolute atomic E-state index is 12.1. The number of hydrogen-bond acceptors (Lipinski definition) is 5. The van der Waals surface area contributed by atoms with Crippen molar-refractivity contribution in [1.29, 1.82) is 0 Å². The second-order valence-electron chi connectivity index (χ2n) is 6.48. The third kappa shape index (κ3) is 5.66. The van der Waals surface area contributed by atoms with E-state index in [2.05, 4.69) is 41.0 Å². The van der Waals surface area contributed by atoms with Crippen molar-refractivity contribution in [1.82, 2.24) is 20.1 Å². The number of thiazole rings is 1. The molecule has 1 aromatic heterocycles. The second-order valence-corrected chi connectivity index (χ2v) is 7.42. The maximum Gasteiger partial charge on any atom is 0.270 e. The Morgan fingerprint density at radius 2 is 2.09 bits per heavy atom. The van der Waals surface area contributed by atoms with E-state index in [-0.39, 0.29) is 5.91 Å². The largest absolute Gasteiger partial charge is 0.351 e. The first-order valence-electron chi connectivity index (χ1n) is 8.18. The Balaban J connectivity index is 1.64. The summed E-state index contributed by atoms with van der Waals surface area (Å²) in [4.78, 5) is 21.3. The fraction of sp³-hybridized carbons (Fsp3) is 0.750. The molecule has 22 heavy (non-hydrogen) atoms. The van der Waals surface area contributed by atoms with Crippen LogP contribution in [-0.2, 0) is 6.42 Å². The zero-order valence-electron chi connectivity index (χ0n) is 14.0. The normalized spacial score (nSPS) is 17.1. The number of carbonyl (C=O) groups excluding carboxylic acids is 1. The van der Waals surface area contributed by atoms with E-state index < -0.39 is 0 Å². The lowest BCUT2D eigenvalue weighted by atomic mass is 10.1. The van der Waals surface area contributed by atoms with Crippen molar-refractivity contribution in [2.45, 2.75) is 26.7 Å². The van der Waals surface area contributed by atoms with Gasteiger partial charge in [0.25, 0.3) is 5.91 Å². The minimum absolute atomic E-state index is 0.0374. The van der Waals surface area contributed by atoms with E-state index in [1.165, 1.54) is 0 Å². The molecule has 1 aliphatic heterocycles. The van der Waals surface area contributed by atoms with Gasteiger partial charge < -0.3 is 15.1 Å². The first kappa shape index (κ1) is 17.4. The molecule has 2 rings (SSSR count). The van der Waals surface area contributed by atoms with Crippen LogP contribution < -0.4 is 5.32 Å². The summed E-state index contributed by atoms with van der Waals surface area (Å²) >= 11 is 1.58. The van der Waals surface area contributed by atoms with Crippen LogP contribution in [0.3, 0.4) is 0 Å². The van der Waals surface area contributed by atoms with Crippen LogP contribution in [-0.4, -0.2) is 67.0 Å². The standard InChI is InChI=1S/C16H28N4OS/c1-13(2)11-15-18-14(12-22-15)16(21)17-5-4-6-20-9-7-19(3)8-10-20/h12-13H,4-11H2,1-3H3,(H,17,21). The van der Waals surface area contributed by atoms with E-state index in [1.54, 1.807) is 11.3 Å². The number of nitrogens with one attached hydrogen (secondary N) is 1. The predicted octanol–water partition coefficient (Wildman–Crippen LogP) is 1.71. The van der Waals surface area contributed by atoms with Crippen molar-refractivity contribution in [3.63, 3.8) is 0 Å². The summed E-state index contributed by atoms with van der Waals surface area (Å²) in [6.07, 6.45) is 1.94. The zero-order chi connectivity index (χ0) is 15.9.